The molecule has 3 nitrogen and oxygen atoms in total. The fraction of sp³-hybridized carbons (Fsp3) is 0.455. The summed E-state index contributed by atoms with van der Waals surface area (Å²) in [6.45, 7) is 0.555. The minimum Gasteiger partial charge on any atom is -0.490 e. The maximum Gasteiger partial charge on any atom is 0.121 e. The number of ether oxygens (including phenoxy) is 1. The predicted octanol–water partition coefficient (Wildman–Crippen LogP) is 1.73. The molecule has 76 valence electrons. The summed E-state index contributed by atoms with van der Waals surface area (Å²) in [5.74, 6) is 0.939. The van der Waals surface area contributed by atoms with Crippen molar-refractivity contribution < 1.29 is 4.74 Å². The quantitative estimate of drug-likeness (QED) is 0.763. The molecule has 0 aromatic heterocycles. The van der Waals surface area contributed by atoms with Crippen molar-refractivity contribution in [1.29, 1.82) is 0 Å². The van der Waals surface area contributed by atoms with E-state index in [2.05, 4.69) is 5.32 Å². The van der Waals surface area contributed by atoms with Crippen LogP contribution >= 0.6 is 0 Å². The van der Waals surface area contributed by atoms with Gasteiger partial charge in [-0.3, -0.25) is 0 Å². The number of hydrogen-bond acceptors (Lipinski definition) is 3. The van der Waals surface area contributed by atoms with Gasteiger partial charge < -0.3 is 15.8 Å². The fourth-order valence-electron chi connectivity index (χ4n) is 1.42. The van der Waals surface area contributed by atoms with Gasteiger partial charge in [0, 0.05) is 25.3 Å². The molecule has 0 atom stereocenters. The molecular weight excluding hydrogens is 176 g/mol. The summed E-state index contributed by atoms with van der Waals surface area (Å²) in [6, 6.07) is 6.02. The molecule has 0 saturated heterocycles. The molecule has 0 amide bonds. The zero-order chi connectivity index (χ0) is 9.97. The molecule has 2 rings (SSSR count). The van der Waals surface area contributed by atoms with Crippen LogP contribution in [0.3, 0.4) is 0 Å². The summed E-state index contributed by atoms with van der Waals surface area (Å²) in [7, 11) is 1.90. The van der Waals surface area contributed by atoms with Gasteiger partial charge in [0.05, 0.1) is 6.10 Å². The second kappa shape index (κ2) is 3.88. The van der Waals surface area contributed by atoms with Gasteiger partial charge in [-0.25, -0.2) is 0 Å². The van der Waals surface area contributed by atoms with Crippen LogP contribution < -0.4 is 15.8 Å². The second-order valence-corrected chi connectivity index (χ2v) is 3.59. The lowest BCUT2D eigenvalue weighted by Gasteiger charge is -2.10. The maximum atomic E-state index is 5.69. The first-order valence-electron chi connectivity index (χ1n) is 5.01. The molecule has 1 aromatic rings. The van der Waals surface area contributed by atoms with Crippen molar-refractivity contribution in [1.82, 2.24) is 0 Å². The molecular formula is C11H16N2O. The highest BCUT2D eigenvalue weighted by Gasteiger charge is 2.23. The van der Waals surface area contributed by atoms with Crippen molar-refractivity contribution >= 4 is 5.69 Å². The van der Waals surface area contributed by atoms with Crippen molar-refractivity contribution in [3.05, 3.63) is 23.8 Å². The van der Waals surface area contributed by atoms with Crippen molar-refractivity contribution in [2.75, 3.05) is 12.4 Å². The molecule has 1 aliphatic carbocycles. The van der Waals surface area contributed by atoms with E-state index in [-0.39, 0.29) is 0 Å². The van der Waals surface area contributed by atoms with Gasteiger partial charge in [0.1, 0.15) is 5.75 Å². The van der Waals surface area contributed by atoms with Gasteiger partial charge >= 0.3 is 0 Å². The van der Waals surface area contributed by atoms with Crippen molar-refractivity contribution in [2.45, 2.75) is 25.5 Å². The summed E-state index contributed by atoms with van der Waals surface area (Å²) >= 11 is 0. The first-order chi connectivity index (χ1) is 6.83. The summed E-state index contributed by atoms with van der Waals surface area (Å²) in [5, 5.41) is 3.12. The van der Waals surface area contributed by atoms with Crippen LogP contribution in [-0.4, -0.2) is 13.2 Å². The highest BCUT2D eigenvalue weighted by Crippen LogP contribution is 2.29. The van der Waals surface area contributed by atoms with Gasteiger partial charge in [-0.05, 0) is 24.5 Å². The Labute approximate surface area is 84.3 Å². The Balaban J connectivity index is 2.16. The summed E-state index contributed by atoms with van der Waals surface area (Å²) in [6.07, 6.45) is 2.82. The molecule has 14 heavy (non-hydrogen) atoms. The Morgan fingerprint density at radius 3 is 2.86 bits per heavy atom. The van der Waals surface area contributed by atoms with Gasteiger partial charge in [0.2, 0.25) is 0 Å². The Morgan fingerprint density at radius 1 is 1.50 bits per heavy atom. The smallest absolute Gasteiger partial charge is 0.121 e. The Morgan fingerprint density at radius 2 is 2.29 bits per heavy atom. The SMILES string of the molecule is CNc1cc(OC2CC2)ccc1CN. The Bertz CT molecular complexity index is 321. The molecule has 1 aliphatic rings. The molecule has 0 unspecified atom stereocenters. The van der Waals surface area contributed by atoms with Gasteiger partial charge in [-0.2, -0.15) is 0 Å². The first-order valence-corrected chi connectivity index (χ1v) is 5.01. The molecule has 0 aliphatic heterocycles. The van der Waals surface area contributed by atoms with E-state index in [1.54, 1.807) is 0 Å². The average molecular weight is 192 g/mol. The van der Waals surface area contributed by atoms with Gasteiger partial charge in [-0.15, -0.1) is 0 Å². The molecule has 3 heteroatoms. The predicted molar refractivity (Wildman–Crippen MR) is 57.5 cm³/mol. The number of anilines is 1. The van der Waals surface area contributed by atoms with E-state index in [0.717, 1.165) is 17.0 Å². The molecule has 0 spiro atoms. The third kappa shape index (κ3) is 1.99. The lowest BCUT2D eigenvalue weighted by Crippen LogP contribution is -2.03. The third-order valence-electron chi connectivity index (χ3n) is 2.40. The van der Waals surface area contributed by atoms with Crippen molar-refractivity contribution in [2.24, 2.45) is 5.73 Å². The minimum atomic E-state index is 0.448. The van der Waals surface area contributed by atoms with Crippen LogP contribution in [0.25, 0.3) is 0 Å². The van der Waals surface area contributed by atoms with Gasteiger partial charge in [0.25, 0.3) is 0 Å². The number of benzene rings is 1. The van der Waals surface area contributed by atoms with E-state index in [0.29, 0.717) is 12.6 Å². The summed E-state index contributed by atoms with van der Waals surface area (Å²) in [4.78, 5) is 0. The number of rotatable bonds is 4. The molecule has 1 fully saturated rings. The summed E-state index contributed by atoms with van der Waals surface area (Å²) in [5.41, 5.74) is 7.79. The van der Waals surface area contributed by atoms with Crippen LogP contribution in [0.15, 0.2) is 18.2 Å². The second-order valence-electron chi connectivity index (χ2n) is 3.59. The molecule has 0 radical (unpaired) electrons. The standard InChI is InChI=1S/C11H16N2O/c1-13-11-6-10(14-9-4-5-9)3-2-8(11)7-12/h2-3,6,9,13H,4-5,7,12H2,1H3. The van der Waals surface area contributed by atoms with Crippen LogP contribution in [0.4, 0.5) is 5.69 Å². The molecule has 3 N–H and O–H groups in total. The van der Waals surface area contributed by atoms with E-state index in [9.17, 15) is 0 Å². The lowest BCUT2D eigenvalue weighted by atomic mass is 10.1. The van der Waals surface area contributed by atoms with E-state index in [1.165, 1.54) is 12.8 Å². The first kappa shape index (κ1) is 9.34. The van der Waals surface area contributed by atoms with E-state index in [1.807, 2.05) is 25.2 Å². The zero-order valence-electron chi connectivity index (χ0n) is 8.42. The lowest BCUT2D eigenvalue weighted by molar-refractivity contribution is 0.303. The van der Waals surface area contributed by atoms with Crippen LogP contribution in [0.2, 0.25) is 0 Å². The fourth-order valence-corrected chi connectivity index (χ4v) is 1.42. The molecule has 1 saturated carbocycles. The Hall–Kier alpha value is -1.22. The molecule has 1 aromatic carbocycles. The van der Waals surface area contributed by atoms with E-state index >= 15 is 0 Å². The third-order valence-corrected chi connectivity index (χ3v) is 2.40. The number of nitrogens with one attached hydrogen (secondary N) is 1. The number of hydrogen-bond donors (Lipinski definition) is 2. The Kier molecular flexibility index (Phi) is 2.59. The minimum absolute atomic E-state index is 0.448. The van der Waals surface area contributed by atoms with Crippen molar-refractivity contribution in [3.8, 4) is 5.75 Å². The topological polar surface area (TPSA) is 47.3 Å². The van der Waals surface area contributed by atoms with Gasteiger partial charge in [-0.1, -0.05) is 6.07 Å². The van der Waals surface area contributed by atoms with Crippen LogP contribution in [-0.2, 0) is 6.54 Å². The monoisotopic (exact) mass is 192 g/mol. The van der Waals surface area contributed by atoms with Crippen LogP contribution in [0.5, 0.6) is 5.75 Å². The summed E-state index contributed by atoms with van der Waals surface area (Å²) < 4.78 is 5.69. The highest BCUT2D eigenvalue weighted by atomic mass is 16.5. The van der Waals surface area contributed by atoms with Crippen LogP contribution in [0.1, 0.15) is 18.4 Å². The average Bonchev–Trinajstić information content (AvgIpc) is 3.01. The van der Waals surface area contributed by atoms with Gasteiger partial charge in [0.15, 0.2) is 0 Å². The van der Waals surface area contributed by atoms with Crippen LogP contribution in [0, 0.1) is 0 Å². The largest absolute Gasteiger partial charge is 0.490 e. The molecule has 0 heterocycles. The zero-order valence-corrected chi connectivity index (χ0v) is 8.42. The normalized spacial score (nSPS) is 15.3. The molecule has 0 bridgehead atoms. The maximum absolute atomic E-state index is 5.69. The van der Waals surface area contributed by atoms with E-state index < -0.39 is 0 Å². The van der Waals surface area contributed by atoms with E-state index in [4.69, 9.17) is 10.5 Å². The number of nitrogens with two attached hydrogens (primary N) is 1. The highest BCUT2D eigenvalue weighted by molar-refractivity contribution is 5.54. The van der Waals surface area contributed by atoms with Crippen molar-refractivity contribution in [3.63, 3.8) is 0 Å².